The summed E-state index contributed by atoms with van der Waals surface area (Å²) in [6, 6.07) is 12.8. The number of furan rings is 1. The second-order valence-electron chi connectivity index (χ2n) is 4.48. The first-order chi connectivity index (χ1) is 10.2. The Morgan fingerprint density at radius 1 is 1.05 bits per heavy atom. The van der Waals surface area contributed by atoms with Crippen molar-refractivity contribution in [3.63, 3.8) is 0 Å². The Hall–Kier alpha value is -3.02. The molecule has 0 saturated heterocycles. The fourth-order valence-electron chi connectivity index (χ4n) is 2.07. The molecule has 0 spiro atoms. The zero-order chi connectivity index (χ0) is 14.7. The van der Waals surface area contributed by atoms with Crippen molar-refractivity contribution in [3.05, 3.63) is 60.7 Å². The first-order valence-electron chi connectivity index (χ1n) is 6.40. The maximum atomic E-state index is 11.9. The molecule has 0 aliphatic rings. The second-order valence-corrected chi connectivity index (χ2v) is 4.48. The van der Waals surface area contributed by atoms with Crippen LogP contribution < -0.4 is 10.9 Å². The largest absolute Gasteiger partial charge is 0.459 e. The molecular weight excluding hydrogens is 270 g/mol. The number of hydrogen-bond donors (Lipinski definition) is 2. The van der Waals surface area contributed by atoms with Crippen molar-refractivity contribution in [2.45, 2.75) is 6.54 Å². The monoisotopic (exact) mass is 283 g/mol. The van der Waals surface area contributed by atoms with Crippen molar-refractivity contribution in [3.8, 4) is 0 Å². The van der Waals surface area contributed by atoms with Crippen molar-refractivity contribution in [1.82, 2.24) is 15.4 Å². The normalized spacial score (nSPS) is 10.5. The summed E-state index contributed by atoms with van der Waals surface area (Å²) in [5, 5.41) is 1.06. The summed E-state index contributed by atoms with van der Waals surface area (Å²) < 4.78 is 6.73. The van der Waals surface area contributed by atoms with Crippen LogP contribution in [0.1, 0.15) is 10.6 Å². The van der Waals surface area contributed by atoms with E-state index in [1.807, 2.05) is 41.1 Å². The Morgan fingerprint density at radius 2 is 1.90 bits per heavy atom. The van der Waals surface area contributed by atoms with E-state index in [4.69, 9.17) is 4.42 Å². The number of hydrazine groups is 1. The predicted octanol–water partition coefficient (Wildman–Crippen LogP) is 1.70. The molecule has 0 fully saturated rings. The van der Waals surface area contributed by atoms with Crippen LogP contribution in [0.2, 0.25) is 0 Å². The van der Waals surface area contributed by atoms with Gasteiger partial charge in [-0.25, -0.2) is 0 Å². The number of fused-ring (bicyclic) bond motifs is 1. The lowest BCUT2D eigenvalue weighted by molar-refractivity contribution is -0.122. The first kappa shape index (κ1) is 13.0. The van der Waals surface area contributed by atoms with Crippen LogP contribution in [0, 0.1) is 0 Å². The lowest BCUT2D eigenvalue weighted by Gasteiger charge is -2.07. The first-order valence-corrected chi connectivity index (χ1v) is 6.40. The molecule has 21 heavy (non-hydrogen) atoms. The van der Waals surface area contributed by atoms with Crippen molar-refractivity contribution >= 4 is 22.7 Å². The quantitative estimate of drug-likeness (QED) is 0.718. The Morgan fingerprint density at radius 3 is 2.71 bits per heavy atom. The Bertz CT molecular complexity index is 774. The van der Waals surface area contributed by atoms with Gasteiger partial charge in [0.15, 0.2) is 5.76 Å². The van der Waals surface area contributed by atoms with Crippen LogP contribution in [0.4, 0.5) is 0 Å². The second kappa shape index (κ2) is 5.54. The number of nitrogens with zero attached hydrogens (tertiary/aromatic N) is 1. The Balaban J connectivity index is 1.60. The van der Waals surface area contributed by atoms with E-state index in [-0.39, 0.29) is 18.2 Å². The van der Waals surface area contributed by atoms with E-state index in [0.717, 1.165) is 10.9 Å². The summed E-state index contributed by atoms with van der Waals surface area (Å²) in [5.41, 5.74) is 5.62. The van der Waals surface area contributed by atoms with Crippen LogP contribution in [-0.4, -0.2) is 16.4 Å². The smallest absolute Gasteiger partial charge is 0.305 e. The van der Waals surface area contributed by atoms with Crippen LogP contribution in [0.5, 0.6) is 0 Å². The van der Waals surface area contributed by atoms with Gasteiger partial charge in [-0.05, 0) is 29.7 Å². The summed E-state index contributed by atoms with van der Waals surface area (Å²) in [6.45, 7) is 0.117. The maximum absolute atomic E-state index is 11.9. The van der Waals surface area contributed by atoms with Gasteiger partial charge in [0.2, 0.25) is 0 Å². The van der Waals surface area contributed by atoms with Crippen molar-refractivity contribution in [2.75, 3.05) is 0 Å². The lowest BCUT2D eigenvalue weighted by atomic mass is 10.2. The molecule has 0 saturated carbocycles. The van der Waals surface area contributed by atoms with E-state index in [1.54, 1.807) is 6.07 Å². The number of aromatic nitrogens is 1. The van der Waals surface area contributed by atoms with Crippen molar-refractivity contribution in [2.24, 2.45) is 0 Å². The van der Waals surface area contributed by atoms with E-state index in [0.29, 0.717) is 0 Å². The molecule has 2 heterocycles. The van der Waals surface area contributed by atoms with Gasteiger partial charge in [0.25, 0.3) is 5.91 Å². The summed E-state index contributed by atoms with van der Waals surface area (Å²) in [4.78, 5) is 23.4. The van der Waals surface area contributed by atoms with Gasteiger partial charge in [-0.15, -0.1) is 0 Å². The van der Waals surface area contributed by atoms with Crippen LogP contribution in [0.25, 0.3) is 10.9 Å². The molecule has 0 bridgehead atoms. The van der Waals surface area contributed by atoms with Gasteiger partial charge < -0.3 is 8.98 Å². The molecule has 6 nitrogen and oxygen atoms in total. The topological polar surface area (TPSA) is 76.3 Å². The van der Waals surface area contributed by atoms with Gasteiger partial charge in [-0.3, -0.25) is 20.4 Å². The molecule has 106 valence electrons. The minimum Gasteiger partial charge on any atom is -0.459 e. The zero-order valence-electron chi connectivity index (χ0n) is 11.1. The summed E-state index contributed by atoms with van der Waals surface area (Å²) in [5.74, 6) is -0.677. The molecule has 2 N–H and O–H groups in total. The highest BCUT2D eigenvalue weighted by molar-refractivity contribution is 5.93. The number of nitrogens with one attached hydrogen (secondary N) is 2. The molecule has 0 aliphatic heterocycles. The Labute approximate surface area is 120 Å². The zero-order valence-corrected chi connectivity index (χ0v) is 11.1. The molecular formula is C15H13N3O3. The van der Waals surface area contributed by atoms with E-state index >= 15 is 0 Å². The third-order valence-electron chi connectivity index (χ3n) is 3.05. The van der Waals surface area contributed by atoms with Crippen LogP contribution >= 0.6 is 0 Å². The number of rotatable bonds is 3. The van der Waals surface area contributed by atoms with Crippen LogP contribution in [0.15, 0.2) is 59.3 Å². The fraction of sp³-hybridized carbons (Fsp3) is 0.0667. The van der Waals surface area contributed by atoms with E-state index in [2.05, 4.69) is 10.9 Å². The molecule has 3 aromatic rings. The molecule has 0 aliphatic carbocycles. The third-order valence-corrected chi connectivity index (χ3v) is 3.05. The highest BCUT2D eigenvalue weighted by atomic mass is 16.3. The highest BCUT2D eigenvalue weighted by Crippen LogP contribution is 2.14. The van der Waals surface area contributed by atoms with E-state index < -0.39 is 5.91 Å². The molecule has 0 atom stereocenters. The maximum Gasteiger partial charge on any atom is 0.305 e. The molecule has 6 heteroatoms. The average Bonchev–Trinajstić information content (AvgIpc) is 3.15. The van der Waals surface area contributed by atoms with Gasteiger partial charge in [0.1, 0.15) is 6.54 Å². The van der Waals surface area contributed by atoms with Crippen LogP contribution in [-0.2, 0) is 11.3 Å². The number of para-hydroxylation sites is 1. The summed E-state index contributed by atoms with van der Waals surface area (Å²) >= 11 is 0. The average molecular weight is 283 g/mol. The number of hydrogen-bond acceptors (Lipinski definition) is 3. The van der Waals surface area contributed by atoms with Gasteiger partial charge in [0, 0.05) is 11.7 Å². The minimum absolute atomic E-state index is 0.117. The molecule has 0 unspecified atom stereocenters. The highest BCUT2D eigenvalue weighted by Gasteiger charge is 2.10. The third kappa shape index (κ3) is 2.79. The standard InChI is InChI=1S/C15H13N3O3/c19-14(16-17-15(20)13-6-3-9-21-13)10-18-8-7-11-4-1-2-5-12(11)18/h1-9H,10H2,(H,16,19)(H,17,20). The molecule has 2 aromatic heterocycles. The van der Waals surface area contributed by atoms with Crippen molar-refractivity contribution < 1.29 is 14.0 Å². The number of amides is 2. The summed E-state index contributed by atoms with van der Waals surface area (Å²) in [7, 11) is 0. The fourth-order valence-corrected chi connectivity index (χ4v) is 2.07. The van der Waals surface area contributed by atoms with E-state index in [1.165, 1.54) is 12.3 Å². The lowest BCUT2D eigenvalue weighted by Crippen LogP contribution is -2.42. The Kier molecular flexibility index (Phi) is 3.42. The van der Waals surface area contributed by atoms with Gasteiger partial charge in [-0.2, -0.15) is 0 Å². The molecule has 0 radical (unpaired) electrons. The molecule has 2 amide bonds. The van der Waals surface area contributed by atoms with Gasteiger partial charge >= 0.3 is 5.91 Å². The predicted molar refractivity (Wildman–Crippen MR) is 76.3 cm³/mol. The number of carbonyl (C=O) groups is 2. The van der Waals surface area contributed by atoms with Gasteiger partial charge in [0.05, 0.1) is 6.26 Å². The van der Waals surface area contributed by atoms with E-state index in [9.17, 15) is 9.59 Å². The molecule has 3 rings (SSSR count). The number of benzene rings is 1. The van der Waals surface area contributed by atoms with Crippen LogP contribution in [0.3, 0.4) is 0 Å². The minimum atomic E-state index is -0.495. The summed E-state index contributed by atoms with van der Waals surface area (Å²) in [6.07, 6.45) is 3.22. The number of carbonyl (C=O) groups excluding carboxylic acids is 2. The SMILES string of the molecule is O=C(Cn1ccc2ccccc21)NNC(=O)c1ccco1. The van der Waals surface area contributed by atoms with Crippen molar-refractivity contribution in [1.29, 1.82) is 0 Å². The molecule has 1 aromatic carbocycles. The van der Waals surface area contributed by atoms with Gasteiger partial charge in [-0.1, -0.05) is 18.2 Å².